The summed E-state index contributed by atoms with van der Waals surface area (Å²) in [7, 11) is 0. The SMILES string of the molecule is CCCCCNC(=S)NNC(=O)/C=C/c1ccccc1. The normalized spacial score (nSPS) is 10.2. The quantitative estimate of drug-likeness (QED) is 0.326. The highest BCUT2D eigenvalue weighted by molar-refractivity contribution is 7.80. The monoisotopic (exact) mass is 291 g/mol. The van der Waals surface area contributed by atoms with Crippen LogP contribution in [0.4, 0.5) is 0 Å². The Morgan fingerprint density at radius 2 is 1.95 bits per heavy atom. The fraction of sp³-hybridized carbons (Fsp3) is 0.333. The van der Waals surface area contributed by atoms with E-state index in [1.54, 1.807) is 6.08 Å². The number of thiocarbonyl (C=S) groups is 1. The molecule has 0 atom stereocenters. The van der Waals surface area contributed by atoms with E-state index in [-0.39, 0.29) is 5.91 Å². The minimum Gasteiger partial charge on any atom is -0.361 e. The highest BCUT2D eigenvalue weighted by atomic mass is 32.1. The molecule has 0 spiro atoms. The zero-order valence-corrected chi connectivity index (χ0v) is 12.5. The van der Waals surface area contributed by atoms with Crippen LogP contribution in [-0.2, 0) is 4.79 Å². The van der Waals surface area contributed by atoms with E-state index in [1.807, 2.05) is 30.3 Å². The van der Waals surface area contributed by atoms with Crippen molar-refractivity contribution in [2.24, 2.45) is 0 Å². The predicted molar refractivity (Wildman–Crippen MR) is 86.9 cm³/mol. The molecule has 4 nitrogen and oxygen atoms in total. The van der Waals surface area contributed by atoms with Gasteiger partial charge in [0.25, 0.3) is 5.91 Å². The largest absolute Gasteiger partial charge is 0.361 e. The number of hydrazine groups is 1. The number of benzene rings is 1. The first-order valence-electron chi connectivity index (χ1n) is 6.79. The van der Waals surface area contributed by atoms with E-state index >= 15 is 0 Å². The Kier molecular flexibility index (Phi) is 8.07. The van der Waals surface area contributed by atoms with Crippen LogP contribution in [0.1, 0.15) is 31.7 Å². The first kappa shape index (κ1) is 16.2. The van der Waals surface area contributed by atoms with Gasteiger partial charge >= 0.3 is 0 Å². The van der Waals surface area contributed by atoms with Gasteiger partial charge in [-0.25, -0.2) is 0 Å². The molecule has 0 unspecified atom stereocenters. The predicted octanol–water partition coefficient (Wildman–Crippen LogP) is 2.39. The standard InChI is InChI=1S/C15H21N3OS/c1-2-3-7-12-16-15(20)18-17-14(19)11-10-13-8-5-4-6-9-13/h4-6,8-11H,2-3,7,12H2,1H3,(H,17,19)(H2,16,18,20)/b11-10+. The minimum atomic E-state index is -0.244. The third kappa shape index (κ3) is 7.53. The van der Waals surface area contributed by atoms with Gasteiger partial charge in [-0.15, -0.1) is 0 Å². The van der Waals surface area contributed by atoms with Crippen molar-refractivity contribution >= 4 is 29.3 Å². The summed E-state index contributed by atoms with van der Waals surface area (Å²) in [5.74, 6) is -0.244. The van der Waals surface area contributed by atoms with Crippen molar-refractivity contribution in [2.75, 3.05) is 6.54 Å². The zero-order valence-electron chi connectivity index (χ0n) is 11.7. The lowest BCUT2D eigenvalue weighted by Crippen LogP contribution is -2.46. The number of unbranched alkanes of at least 4 members (excludes halogenated alkanes) is 2. The summed E-state index contributed by atoms with van der Waals surface area (Å²) < 4.78 is 0. The van der Waals surface area contributed by atoms with Gasteiger partial charge in [0.2, 0.25) is 0 Å². The molecule has 0 aliphatic carbocycles. The van der Waals surface area contributed by atoms with E-state index in [1.165, 1.54) is 18.9 Å². The van der Waals surface area contributed by atoms with Crippen LogP contribution in [0, 0.1) is 0 Å². The Labute approximate surface area is 125 Å². The number of amides is 1. The van der Waals surface area contributed by atoms with Gasteiger partial charge in [-0.05, 0) is 30.3 Å². The van der Waals surface area contributed by atoms with Crippen LogP contribution in [0.2, 0.25) is 0 Å². The van der Waals surface area contributed by atoms with E-state index in [4.69, 9.17) is 12.2 Å². The smallest absolute Gasteiger partial charge is 0.262 e. The van der Waals surface area contributed by atoms with Crippen LogP contribution in [0.15, 0.2) is 36.4 Å². The Morgan fingerprint density at radius 3 is 2.65 bits per heavy atom. The minimum absolute atomic E-state index is 0.244. The van der Waals surface area contributed by atoms with E-state index in [2.05, 4.69) is 23.1 Å². The van der Waals surface area contributed by atoms with Crippen LogP contribution >= 0.6 is 12.2 Å². The molecular formula is C15H21N3OS. The summed E-state index contributed by atoms with van der Waals surface area (Å²) in [5.41, 5.74) is 6.15. The van der Waals surface area contributed by atoms with E-state index < -0.39 is 0 Å². The summed E-state index contributed by atoms with van der Waals surface area (Å²) in [6, 6.07) is 9.63. The van der Waals surface area contributed by atoms with Gasteiger partial charge in [-0.3, -0.25) is 15.6 Å². The summed E-state index contributed by atoms with van der Waals surface area (Å²) >= 11 is 5.04. The second kappa shape index (κ2) is 9.97. The number of carbonyl (C=O) groups excluding carboxylic acids is 1. The van der Waals surface area contributed by atoms with Crippen molar-refractivity contribution in [3.05, 3.63) is 42.0 Å². The third-order valence-electron chi connectivity index (χ3n) is 2.59. The number of carbonyl (C=O) groups is 1. The van der Waals surface area contributed by atoms with Crippen molar-refractivity contribution in [3.63, 3.8) is 0 Å². The Hall–Kier alpha value is -1.88. The van der Waals surface area contributed by atoms with Gasteiger partial charge in [0, 0.05) is 12.6 Å². The maximum Gasteiger partial charge on any atom is 0.262 e. The first-order chi connectivity index (χ1) is 9.72. The molecule has 0 radical (unpaired) electrons. The van der Waals surface area contributed by atoms with Crippen molar-refractivity contribution in [2.45, 2.75) is 26.2 Å². The van der Waals surface area contributed by atoms with Crippen LogP contribution in [0.5, 0.6) is 0 Å². The second-order valence-electron chi connectivity index (χ2n) is 4.32. The van der Waals surface area contributed by atoms with Gasteiger partial charge in [0.05, 0.1) is 0 Å². The molecular weight excluding hydrogens is 270 g/mol. The highest BCUT2D eigenvalue weighted by Gasteiger charge is 1.97. The molecule has 1 aromatic carbocycles. The molecule has 0 heterocycles. The van der Waals surface area contributed by atoms with Crippen molar-refractivity contribution in [1.82, 2.24) is 16.2 Å². The molecule has 1 aromatic rings. The molecule has 0 fully saturated rings. The molecule has 0 aliphatic heterocycles. The van der Waals surface area contributed by atoms with Gasteiger partial charge in [0.1, 0.15) is 0 Å². The molecule has 3 N–H and O–H groups in total. The van der Waals surface area contributed by atoms with E-state index in [9.17, 15) is 4.79 Å². The molecule has 0 aliphatic rings. The molecule has 0 saturated heterocycles. The van der Waals surface area contributed by atoms with Gasteiger partial charge in [-0.1, -0.05) is 50.1 Å². The zero-order chi connectivity index (χ0) is 14.6. The van der Waals surface area contributed by atoms with Crippen molar-refractivity contribution in [1.29, 1.82) is 0 Å². The lowest BCUT2D eigenvalue weighted by atomic mass is 10.2. The number of nitrogens with one attached hydrogen (secondary N) is 3. The van der Waals surface area contributed by atoms with Gasteiger partial charge in [0.15, 0.2) is 5.11 Å². The highest BCUT2D eigenvalue weighted by Crippen LogP contribution is 2.00. The average Bonchev–Trinajstić information content (AvgIpc) is 2.48. The first-order valence-corrected chi connectivity index (χ1v) is 7.20. The fourth-order valence-electron chi connectivity index (χ4n) is 1.52. The molecule has 0 saturated carbocycles. The van der Waals surface area contributed by atoms with Crippen molar-refractivity contribution < 1.29 is 4.79 Å². The fourth-order valence-corrected chi connectivity index (χ4v) is 1.67. The number of hydrogen-bond acceptors (Lipinski definition) is 2. The van der Waals surface area contributed by atoms with Gasteiger partial charge in [-0.2, -0.15) is 0 Å². The maximum atomic E-state index is 11.5. The molecule has 1 amide bonds. The Balaban J connectivity index is 2.19. The van der Waals surface area contributed by atoms with E-state index in [0.717, 1.165) is 18.5 Å². The third-order valence-corrected chi connectivity index (χ3v) is 2.84. The molecule has 1 rings (SSSR count). The topological polar surface area (TPSA) is 53.2 Å². The van der Waals surface area contributed by atoms with Crippen LogP contribution in [0.3, 0.4) is 0 Å². The van der Waals surface area contributed by atoms with Crippen LogP contribution < -0.4 is 16.2 Å². The maximum absolute atomic E-state index is 11.5. The molecule has 5 heteroatoms. The molecule has 108 valence electrons. The van der Waals surface area contributed by atoms with Crippen molar-refractivity contribution in [3.8, 4) is 0 Å². The molecule has 0 bridgehead atoms. The lowest BCUT2D eigenvalue weighted by molar-refractivity contribution is -0.116. The number of hydrogen-bond donors (Lipinski definition) is 3. The summed E-state index contributed by atoms with van der Waals surface area (Å²) in [5, 5.41) is 3.46. The Bertz CT molecular complexity index is 446. The number of rotatable bonds is 6. The van der Waals surface area contributed by atoms with Gasteiger partial charge < -0.3 is 5.32 Å². The van der Waals surface area contributed by atoms with E-state index in [0.29, 0.717) is 5.11 Å². The molecule has 0 aromatic heterocycles. The second-order valence-corrected chi connectivity index (χ2v) is 4.73. The van der Waals surface area contributed by atoms with Crippen LogP contribution in [-0.4, -0.2) is 17.6 Å². The summed E-state index contributed by atoms with van der Waals surface area (Å²) in [6.45, 7) is 2.96. The van der Waals surface area contributed by atoms with Crippen LogP contribution in [0.25, 0.3) is 6.08 Å². The summed E-state index contributed by atoms with van der Waals surface area (Å²) in [6.07, 6.45) is 6.61. The average molecular weight is 291 g/mol. The Morgan fingerprint density at radius 1 is 1.20 bits per heavy atom. The lowest BCUT2D eigenvalue weighted by Gasteiger charge is -2.09. The molecule has 20 heavy (non-hydrogen) atoms. The summed E-state index contributed by atoms with van der Waals surface area (Å²) in [4.78, 5) is 11.5.